The van der Waals surface area contributed by atoms with E-state index in [1.165, 1.54) is 11.6 Å². The van der Waals surface area contributed by atoms with Crippen molar-refractivity contribution in [2.45, 2.75) is 25.7 Å². The van der Waals surface area contributed by atoms with Gasteiger partial charge < -0.3 is 10.6 Å². The molecule has 0 aromatic heterocycles. The largest absolute Gasteiger partial charge is 0.416 e. The molecule has 0 aliphatic carbocycles. The quantitative estimate of drug-likeness (QED) is 0.576. The first-order chi connectivity index (χ1) is 13.9. The molecule has 0 heterocycles. The number of nitrogens with one attached hydrogen (secondary N) is 2. The van der Waals surface area contributed by atoms with Crippen molar-refractivity contribution in [3.05, 3.63) is 101 Å². The fourth-order valence-corrected chi connectivity index (χ4v) is 2.85. The van der Waals surface area contributed by atoms with E-state index in [0.717, 1.165) is 23.4 Å². The van der Waals surface area contributed by atoms with E-state index in [4.69, 9.17) is 0 Å². The van der Waals surface area contributed by atoms with E-state index in [-0.39, 0.29) is 18.9 Å². The van der Waals surface area contributed by atoms with Gasteiger partial charge in [0.25, 0.3) is 0 Å². The van der Waals surface area contributed by atoms with Crippen LogP contribution in [0.4, 0.5) is 18.9 Å². The lowest BCUT2D eigenvalue weighted by molar-refractivity contribution is -0.137. The van der Waals surface area contributed by atoms with E-state index >= 15 is 0 Å². The maximum Gasteiger partial charge on any atom is 0.416 e. The van der Waals surface area contributed by atoms with Crippen molar-refractivity contribution in [2.24, 2.45) is 0 Å². The molecule has 0 aliphatic rings. The van der Waals surface area contributed by atoms with Gasteiger partial charge in [0.15, 0.2) is 0 Å². The molecule has 6 heteroatoms. The Bertz CT molecular complexity index is 938. The van der Waals surface area contributed by atoms with Gasteiger partial charge in [-0.25, -0.2) is 0 Å². The molecule has 29 heavy (non-hydrogen) atoms. The zero-order valence-electron chi connectivity index (χ0n) is 15.7. The van der Waals surface area contributed by atoms with E-state index in [1.807, 2.05) is 54.6 Å². The molecule has 0 radical (unpaired) electrons. The molecule has 0 unspecified atom stereocenters. The Kier molecular flexibility index (Phi) is 6.54. The number of carbonyl (C=O) groups excluding carboxylic acids is 1. The first-order valence-corrected chi connectivity index (χ1v) is 9.20. The van der Waals surface area contributed by atoms with E-state index in [0.29, 0.717) is 12.1 Å². The summed E-state index contributed by atoms with van der Waals surface area (Å²) in [5, 5.41) is 5.98. The molecule has 3 aromatic carbocycles. The zero-order chi connectivity index (χ0) is 20.7. The van der Waals surface area contributed by atoms with Crippen molar-refractivity contribution < 1.29 is 18.0 Å². The summed E-state index contributed by atoms with van der Waals surface area (Å²) in [6.07, 6.45) is -4.23. The first kappa shape index (κ1) is 20.5. The van der Waals surface area contributed by atoms with Crippen LogP contribution in [0.5, 0.6) is 0 Å². The van der Waals surface area contributed by atoms with Gasteiger partial charge in [-0.05, 0) is 41.0 Å². The van der Waals surface area contributed by atoms with Crippen LogP contribution < -0.4 is 10.6 Å². The third-order valence-corrected chi connectivity index (χ3v) is 4.40. The standard InChI is InChI=1S/C23H21F3N2O/c24-23(25,26)20-8-4-7-19(13-20)16-28-22(29)14-17-9-11-21(12-10-17)27-15-18-5-2-1-3-6-18/h1-13,27H,14-16H2,(H,28,29). The Hall–Kier alpha value is -3.28. The van der Waals surface area contributed by atoms with Crippen LogP contribution >= 0.6 is 0 Å². The maximum absolute atomic E-state index is 12.7. The second-order valence-electron chi connectivity index (χ2n) is 6.69. The van der Waals surface area contributed by atoms with Gasteiger partial charge in [0.2, 0.25) is 5.91 Å². The molecular formula is C23H21F3N2O. The Balaban J connectivity index is 1.48. The van der Waals surface area contributed by atoms with Gasteiger partial charge >= 0.3 is 6.18 Å². The van der Waals surface area contributed by atoms with Crippen LogP contribution in [0.15, 0.2) is 78.9 Å². The van der Waals surface area contributed by atoms with E-state index in [1.54, 1.807) is 6.07 Å². The van der Waals surface area contributed by atoms with Gasteiger partial charge in [-0.2, -0.15) is 13.2 Å². The highest BCUT2D eigenvalue weighted by atomic mass is 19.4. The molecule has 150 valence electrons. The number of hydrogen-bond acceptors (Lipinski definition) is 2. The molecule has 2 N–H and O–H groups in total. The van der Waals surface area contributed by atoms with Gasteiger partial charge in [-0.1, -0.05) is 54.6 Å². The molecule has 0 atom stereocenters. The number of carbonyl (C=O) groups is 1. The highest BCUT2D eigenvalue weighted by Gasteiger charge is 2.30. The number of anilines is 1. The number of rotatable bonds is 7. The van der Waals surface area contributed by atoms with Crippen molar-refractivity contribution >= 4 is 11.6 Å². The molecule has 3 nitrogen and oxygen atoms in total. The monoisotopic (exact) mass is 398 g/mol. The molecule has 1 amide bonds. The number of benzene rings is 3. The number of alkyl halides is 3. The summed E-state index contributed by atoms with van der Waals surface area (Å²) < 4.78 is 38.2. The number of amides is 1. The van der Waals surface area contributed by atoms with Crippen molar-refractivity contribution in [2.75, 3.05) is 5.32 Å². The van der Waals surface area contributed by atoms with Crippen LogP contribution in [0.25, 0.3) is 0 Å². The smallest absolute Gasteiger partial charge is 0.381 e. The van der Waals surface area contributed by atoms with Gasteiger partial charge in [0, 0.05) is 18.8 Å². The lowest BCUT2D eigenvalue weighted by atomic mass is 10.1. The Morgan fingerprint density at radius 3 is 2.14 bits per heavy atom. The lowest BCUT2D eigenvalue weighted by Crippen LogP contribution is -2.24. The van der Waals surface area contributed by atoms with E-state index < -0.39 is 11.7 Å². The summed E-state index contributed by atoms with van der Waals surface area (Å²) in [5.41, 5.74) is 2.64. The van der Waals surface area contributed by atoms with E-state index in [2.05, 4.69) is 10.6 Å². The second-order valence-corrected chi connectivity index (χ2v) is 6.69. The van der Waals surface area contributed by atoms with Crippen LogP contribution in [-0.4, -0.2) is 5.91 Å². The third kappa shape index (κ3) is 6.38. The van der Waals surface area contributed by atoms with Gasteiger partial charge in [0.05, 0.1) is 12.0 Å². The van der Waals surface area contributed by atoms with Crippen LogP contribution in [0.2, 0.25) is 0 Å². The summed E-state index contributed by atoms with van der Waals surface area (Å²) in [6.45, 7) is 0.761. The Morgan fingerprint density at radius 2 is 1.45 bits per heavy atom. The zero-order valence-corrected chi connectivity index (χ0v) is 15.7. The molecule has 0 aliphatic heterocycles. The van der Waals surface area contributed by atoms with Gasteiger partial charge in [-0.3, -0.25) is 4.79 Å². The minimum absolute atomic E-state index is 0.0550. The minimum Gasteiger partial charge on any atom is -0.381 e. The average Bonchev–Trinajstić information content (AvgIpc) is 2.72. The highest BCUT2D eigenvalue weighted by molar-refractivity contribution is 5.78. The summed E-state index contributed by atoms with van der Waals surface area (Å²) in [4.78, 5) is 12.1. The molecule has 3 rings (SSSR count). The fourth-order valence-electron chi connectivity index (χ4n) is 2.85. The van der Waals surface area contributed by atoms with Crippen molar-refractivity contribution in [1.82, 2.24) is 5.32 Å². The summed E-state index contributed by atoms with van der Waals surface area (Å²) in [6, 6.07) is 22.5. The van der Waals surface area contributed by atoms with E-state index in [9.17, 15) is 18.0 Å². The highest BCUT2D eigenvalue weighted by Crippen LogP contribution is 2.29. The van der Waals surface area contributed by atoms with Crippen molar-refractivity contribution in [3.8, 4) is 0 Å². The second kappa shape index (κ2) is 9.28. The molecule has 3 aromatic rings. The molecule has 0 fully saturated rings. The maximum atomic E-state index is 12.7. The molecule has 0 saturated heterocycles. The predicted octanol–water partition coefficient (Wildman–Crippen LogP) is 5.18. The molecule has 0 bridgehead atoms. The van der Waals surface area contributed by atoms with Crippen molar-refractivity contribution in [3.63, 3.8) is 0 Å². The third-order valence-electron chi connectivity index (χ3n) is 4.40. The topological polar surface area (TPSA) is 41.1 Å². The lowest BCUT2D eigenvalue weighted by Gasteiger charge is -2.10. The SMILES string of the molecule is O=C(Cc1ccc(NCc2ccccc2)cc1)NCc1cccc(C(F)(F)F)c1. The normalized spacial score (nSPS) is 11.1. The first-order valence-electron chi connectivity index (χ1n) is 9.20. The Labute approximate surface area is 167 Å². The average molecular weight is 398 g/mol. The molecular weight excluding hydrogens is 377 g/mol. The van der Waals surface area contributed by atoms with Gasteiger partial charge in [0.1, 0.15) is 0 Å². The van der Waals surface area contributed by atoms with Crippen LogP contribution in [-0.2, 0) is 30.5 Å². The summed E-state index contributed by atoms with van der Waals surface area (Å²) in [7, 11) is 0. The number of halogens is 3. The fraction of sp³-hybridized carbons (Fsp3) is 0.174. The predicted molar refractivity (Wildman–Crippen MR) is 107 cm³/mol. The van der Waals surface area contributed by atoms with Crippen LogP contribution in [0.1, 0.15) is 22.3 Å². The van der Waals surface area contributed by atoms with Crippen molar-refractivity contribution in [1.29, 1.82) is 0 Å². The molecule has 0 saturated carbocycles. The summed E-state index contributed by atoms with van der Waals surface area (Å²) >= 11 is 0. The van der Waals surface area contributed by atoms with Gasteiger partial charge in [-0.15, -0.1) is 0 Å². The number of hydrogen-bond donors (Lipinski definition) is 2. The molecule has 0 spiro atoms. The Morgan fingerprint density at radius 1 is 0.759 bits per heavy atom. The summed E-state index contributed by atoms with van der Waals surface area (Å²) in [5.74, 6) is -0.243. The van der Waals surface area contributed by atoms with Crippen LogP contribution in [0.3, 0.4) is 0 Å². The van der Waals surface area contributed by atoms with Crippen LogP contribution in [0, 0.1) is 0 Å². The minimum atomic E-state index is -4.39.